The number of carbonyl (C=O) groups is 1. The molecule has 0 aliphatic rings. The standard InChI is InChI=1S/C11H23NOS/c1-5-11(9-14-4)12(3)8-6-7-10(2)13/h11H,5-9H2,1-4H3. The fraction of sp³-hybridized carbons (Fsp3) is 0.909. The van der Waals surface area contributed by atoms with Gasteiger partial charge in [0.2, 0.25) is 0 Å². The number of carbonyl (C=O) groups excluding carboxylic acids is 1. The predicted octanol–water partition coefficient (Wildman–Crippen LogP) is 2.43. The molecule has 0 aromatic carbocycles. The van der Waals surface area contributed by atoms with Gasteiger partial charge in [-0.1, -0.05) is 6.92 Å². The fourth-order valence-corrected chi connectivity index (χ4v) is 2.38. The van der Waals surface area contributed by atoms with Gasteiger partial charge in [0.1, 0.15) is 5.78 Å². The highest BCUT2D eigenvalue weighted by molar-refractivity contribution is 7.98. The van der Waals surface area contributed by atoms with E-state index in [1.54, 1.807) is 6.92 Å². The molecular weight excluding hydrogens is 194 g/mol. The highest BCUT2D eigenvalue weighted by atomic mass is 32.2. The van der Waals surface area contributed by atoms with Gasteiger partial charge < -0.3 is 9.69 Å². The molecule has 0 N–H and O–H groups in total. The first-order valence-electron chi connectivity index (χ1n) is 5.30. The summed E-state index contributed by atoms with van der Waals surface area (Å²) in [5, 5.41) is 0. The Morgan fingerprint density at radius 1 is 1.50 bits per heavy atom. The van der Waals surface area contributed by atoms with Gasteiger partial charge in [0, 0.05) is 18.2 Å². The van der Waals surface area contributed by atoms with Gasteiger partial charge in [0.05, 0.1) is 0 Å². The van der Waals surface area contributed by atoms with Crippen molar-refractivity contribution in [2.24, 2.45) is 0 Å². The highest BCUT2D eigenvalue weighted by Gasteiger charge is 2.11. The van der Waals surface area contributed by atoms with Gasteiger partial charge in [-0.15, -0.1) is 0 Å². The maximum absolute atomic E-state index is 10.8. The van der Waals surface area contributed by atoms with E-state index in [0.29, 0.717) is 11.8 Å². The molecule has 0 spiro atoms. The predicted molar refractivity (Wildman–Crippen MR) is 65.0 cm³/mol. The Balaban J connectivity index is 3.68. The van der Waals surface area contributed by atoms with Crippen LogP contribution in [0.5, 0.6) is 0 Å². The summed E-state index contributed by atoms with van der Waals surface area (Å²) in [4.78, 5) is 13.1. The van der Waals surface area contributed by atoms with E-state index in [9.17, 15) is 4.79 Å². The topological polar surface area (TPSA) is 20.3 Å². The zero-order valence-corrected chi connectivity index (χ0v) is 10.7. The Morgan fingerprint density at radius 3 is 2.57 bits per heavy atom. The average Bonchev–Trinajstić information content (AvgIpc) is 2.13. The number of ketones is 1. The summed E-state index contributed by atoms with van der Waals surface area (Å²) in [6.45, 7) is 4.93. The number of rotatable bonds is 8. The lowest BCUT2D eigenvalue weighted by Gasteiger charge is -2.26. The molecular formula is C11H23NOS. The first kappa shape index (κ1) is 14.0. The molecule has 0 aromatic heterocycles. The lowest BCUT2D eigenvalue weighted by molar-refractivity contribution is -0.117. The van der Waals surface area contributed by atoms with Gasteiger partial charge >= 0.3 is 0 Å². The molecule has 14 heavy (non-hydrogen) atoms. The van der Waals surface area contributed by atoms with E-state index in [-0.39, 0.29) is 0 Å². The van der Waals surface area contributed by atoms with Crippen LogP contribution in [-0.4, -0.2) is 42.3 Å². The van der Waals surface area contributed by atoms with Crippen molar-refractivity contribution in [1.29, 1.82) is 0 Å². The van der Waals surface area contributed by atoms with Crippen molar-refractivity contribution < 1.29 is 4.79 Å². The second-order valence-corrected chi connectivity index (χ2v) is 4.71. The summed E-state index contributed by atoms with van der Waals surface area (Å²) in [7, 11) is 2.16. The molecule has 0 aliphatic heterocycles. The van der Waals surface area contributed by atoms with Gasteiger partial charge in [-0.3, -0.25) is 0 Å². The Hall–Kier alpha value is -0.0200. The summed E-state index contributed by atoms with van der Waals surface area (Å²) in [6, 6.07) is 0.664. The van der Waals surface area contributed by atoms with Gasteiger partial charge in [-0.05, 0) is 39.6 Å². The van der Waals surface area contributed by atoms with E-state index in [0.717, 1.165) is 19.4 Å². The van der Waals surface area contributed by atoms with Gasteiger partial charge in [-0.25, -0.2) is 0 Å². The minimum atomic E-state index is 0.302. The third-order valence-corrected chi connectivity index (χ3v) is 3.21. The van der Waals surface area contributed by atoms with Crippen LogP contribution in [0.15, 0.2) is 0 Å². The van der Waals surface area contributed by atoms with Crippen LogP contribution in [0.4, 0.5) is 0 Å². The largest absolute Gasteiger partial charge is 0.303 e. The van der Waals surface area contributed by atoms with Crippen LogP contribution in [0.25, 0.3) is 0 Å². The van der Waals surface area contributed by atoms with Crippen LogP contribution >= 0.6 is 11.8 Å². The number of hydrogen-bond acceptors (Lipinski definition) is 3. The van der Waals surface area contributed by atoms with Crippen LogP contribution < -0.4 is 0 Å². The molecule has 0 aromatic rings. The number of Topliss-reactive ketones (excluding diaryl/α,β-unsaturated/α-hetero) is 1. The smallest absolute Gasteiger partial charge is 0.129 e. The Kier molecular flexibility index (Phi) is 8.29. The summed E-state index contributed by atoms with van der Waals surface area (Å²) < 4.78 is 0. The molecule has 0 amide bonds. The van der Waals surface area contributed by atoms with Crippen molar-refractivity contribution in [1.82, 2.24) is 4.90 Å². The normalized spacial score (nSPS) is 13.2. The highest BCUT2D eigenvalue weighted by Crippen LogP contribution is 2.09. The van der Waals surface area contributed by atoms with Crippen LogP contribution in [0, 0.1) is 0 Å². The summed E-state index contributed by atoms with van der Waals surface area (Å²) in [5.74, 6) is 1.49. The maximum Gasteiger partial charge on any atom is 0.129 e. The van der Waals surface area contributed by atoms with E-state index in [4.69, 9.17) is 0 Å². The average molecular weight is 217 g/mol. The Bertz CT molecular complexity index is 161. The second-order valence-electron chi connectivity index (χ2n) is 3.80. The minimum absolute atomic E-state index is 0.302. The number of hydrogen-bond donors (Lipinski definition) is 0. The molecule has 0 bridgehead atoms. The summed E-state index contributed by atoms with van der Waals surface area (Å²) in [5.41, 5.74) is 0. The van der Waals surface area contributed by atoms with Crippen molar-refractivity contribution >= 4 is 17.5 Å². The van der Waals surface area contributed by atoms with Crippen molar-refractivity contribution in [2.75, 3.05) is 25.6 Å². The van der Waals surface area contributed by atoms with E-state index >= 15 is 0 Å². The molecule has 0 saturated heterocycles. The number of nitrogens with zero attached hydrogens (tertiary/aromatic N) is 1. The first-order chi connectivity index (χ1) is 6.61. The van der Waals surface area contributed by atoms with Crippen LogP contribution in [0.1, 0.15) is 33.1 Å². The molecule has 0 heterocycles. The fourth-order valence-electron chi connectivity index (χ4n) is 1.51. The third kappa shape index (κ3) is 6.44. The molecule has 2 nitrogen and oxygen atoms in total. The molecule has 1 unspecified atom stereocenters. The quantitative estimate of drug-likeness (QED) is 0.623. The van der Waals surface area contributed by atoms with Crippen LogP contribution in [0.2, 0.25) is 0 Å². The molecule has 0 rings (SSSR count). The molecule has 3 heteroatoms. The zero-order valence-electron chi connectivity index (χ0n) is 9.88. The van der Waals surface area contributed by atoms with Crippen molar-refractivity contribution in [3.05, 3.63) is 0 Å². The van der Waals surface area contributed by atoms with Crippen molar-refractivity contribution in [3.63, 3.8) is 0 Å². The molecule has 0 fully saturated rings. The van der Waals surface area contributed by atoms with Gasteiger partial charge in [0.15, 0.2) is 0 Å². The van der Waals surface area contributed by atoms with Gasteiger partial charge in [-0.2, -0.15) is 11.8 Å². The Morgan fingerprint density at radius 2 is 2.14 bits per heavy atom. The van der Waals surface area contributed by atoms with E-state index in [1.807, 2.05) is 11.8 Å². The zero-order chi connectivity index (χ0) is 11.0. The van der Waals surface area contributed by atoms with Crippen molar-refractivity contribution in [2.45, 2.75) is 39.2 Å². The first-order valence-corrected chi connectivity index (χ1v) is 6.69. The monoisotopic (exact) mass is 217 g/mol. The Labute approximate surface area is 92.4 Å². The molecule has 0 aliphatic carbocycles. The SMILES string of the molecule is CCC(CSC)N(C)CCCC(C)=O. The number of thioether (sulfide) groups is 1. The van der Waals surface area contributed by atoms with Gasteiger partial charge in [0.25, 0.3) is 0 Å². The molecule has 84 valence electrons. The molecule has 1 atom stereocenters. The summed E-state index contributed by atoms with van der Waals surface area (Å²) in [6.07, 6.45) is 5.06. The summed E-state index contributed by atoms with van der Waals surface area (Å²) >= 11 is 1.89. The van der Waals surface area contributed by atoms with Crippen LogP contribution in [0.3, 0.4) is 0 Å². The molecule has 0 radical (unpaired) electrons. The molecule has 0 saturated carbocycles. The third-order valence-electron chi connectivity index (χ3n) is 2.49. The minimum Gasteiger partial charge on any atom is -0.303 e. The lowest BCUT2D eigenvalue weighted by Crippen LogP contribution is -2.34. The van der Waals surface area contributed by atoms with Crippen LogP contribution in [-0.2, 0) is 4.79 Å². The van der Waals surface area contributed by atoms with E-state index < -0.39 is 0 Å². The van der Waals surface area contributed by atoms with Crippen molar-refractivity contribution in [3.8, 4) is 0 Å². The maximum atomic E-state index is 10.8. The lowest BCUT2D eigenvalue weighted by atomic mass is 10.2. The van der Waals surface area contributed by atoms with E-state index in [1.165, 1.54) is 12.2 Å². The van der Waals surface area contributed by atoms with E-state index in [2.05, 4.69) is 25.1 Å². The second kappa shape index (κ2) is 8.30.